The SMILES string of the molecule is O=C(O)[C@@H]1C[C@H]1C(=O)Nc1ccccc1OCC(=O)N1CCOCC1. The Kier molecular flexibility index (Phi) is 5.18. The zero-order valence-electron chi connectivity index (χ0n) is 13.6. The predicted molar refractivity (Wildman–Crippen MR) is 87.2 cm³/mol. The number of rotatable bonds is 6. The number of hydrogen-bond donors (Lipinski definition) is 2. The third-order valence-electron chi connectivity index (χ3n) is 4.30. The minimum Gasteiger partial charge on any atom is -0.482 e. The van der Waals surface area contributed by atoms with E-state index in [-0.39, 0.29) is 18.4 Å². The van der Waals surface area contributed by atoms with E-state index in [9.17, 15) is 14.4 Å². The smallest absolute Gasteiger partial charge is 0.307 e. The second-order valence-corrected chi connectivity index (χ2v) is 6.05. The number of carbonyl (C=O) groups is 3. The number of carboxylic acid groups (broad SMARTS) is 1. The molecule has 1 aromatic rings. The van der Waals surface area contributed by atoms with Crippen LogP contribution < -0.4 is 10.1 Å². The van der Waals surface area contributed by atoms with Crippen LogP contribution in [0.1, 0.15) is 6.42 Å². The molecule has 1 heterocycles. The summed E-state index contributed by atoms with van der Waals surface area (Å²) in [4.78, 5) is 36.8. The van der Waals surface area contributed by atoms with Gasteiger partial charge in [-0.3, -0.25) is 14.4 Å². The van der Waals surface area contributed by atoms with Crippen LogP contribution in [0.5, 0.6) is 5.75 Å². The van der Waals surface area contributed by atoms with Gasteiger partial charge in [0.05, 0.1) is 30.7 Å². The number of nitrogens with one attached hydrogen (secondary N) is 1. The van der Waals surface area contributed by atoms with Gasteiger partial charge in [0.25, 0.3) is 5.91 Å². The fraction of sp³-hybridized carbons (Fsp3) is 0.471. The molecule has 0 radical (unpaired) electrons. The van der Waals surface area contributed by atoms with E-state index in [0.29, 0.717) is 44.2 Å². The van der Waals surface area contributed by atoms with Crippen LogP contribution in [0, 0.1) is 11.8 Å². The molecule has 8 nitrogen and oxygen atoms in total. The first-order chi connectivity index (χ1) is 12.1. The molecule has 1 aliphatic carbocycles. The maximum atomic E-state index is 12.1. The molecular formula is C17H20N2O6. The van der Waals surface area contributed by atoms with Gasteiger partial charge in [-0.15, -0.1) is 0 Å². The number of morpholine rings is 1. The van der Waals surface area contributed by atoms with Crippen LogP contribution in [-0.4, -0.2) is 60.7 Å². The summed E-state index contributed by atoms with van der Waals surface area (Å²) >= 11 is 0. The van der Waals surface area contributed by atoms with Crippen molar-refractivity contribution in [1.29, 1.82) is 0 Å². The Labute approximate surface area is 144 Å². The minimum absolute atomic E-state index is 0.131. The number of anilines is 1. The number of hydrogen-bond acceptors (Lipinski definition) is 5. The fourth-order valence-electron chi connectivity index (χ4n) is 2.72. The van der Waals surface area contributed by atoms with Crippen molar-refractivity contribution in [3.63, 3.8) is 0 Å². The molecule has 3 rings (SSSR count). The van der Waals surface area contributed by atoms with E-state index >= 15 is 0 Å². The van der Waals surface area contributed by atoms with Crippen molar-refractivity contribution in [3.05, 3.63) is 24.3 Å². The molecule has 0 unspecified atom stereocenters. The van der Waals surface area contributed by atoms with Crippen LogP contribution in [0.15, 0.2) is 24.3 Å². The molecule has 25 heavy (non-hydrogen) atoms. The van der Waals surface area contributed by atoms with Crippen LogP contribution in [-0.2, 0) is 19.1 Å². The fourth-order valence-corrected chi connectivity index (χ4v) is 2.72. The van der Waals surface area contributed by atoms with E-state index < -0.39 is 17.8 Å². The molecule has 134 valence electrons. The molecule has 2 amide bonds. The Hall–Kier alpha value is -2.61. The number of carboxylic acids is 1. The Morgan fingerprint density at radius 3 is 2.60 bits per heavy atom. The number of benzene rings is 1. The maximum absolute atomic E-state index is 12.1. The lowest BCUT2D eigenvalue weighted by atomic mass is 10.2. The lowest BCUT2D eigenvalue weighted by Gasteiger charge is -2.26. The number of amides is 2. The highest BCUT2D eigenvalue weighted by molar-refractivity contribution is 5.99. The molecule has 8 heteroatoms. The van der Waals surface area contributed by atoms with Crippen molar-refractivity contribution in [3.8, 4) is 5.75 Å². The van der Waals surface area contributed by atoms with Gasteiger partial charge in [-0.2, -0.15) is 0 Å². The van der Waals surface area contributed by atoms with Gasteiger partial charge < -0.3 is 24.8 Å². The van der Waals surface area contributed by atoms with E-state index in [0.717, 1.165) is 0 Å². The quantitative estimate of drug-likeness (QED) is 0.779. The molecule has 1 saturated heterocycles. The first-order valence-corrected chi connectivity index (χ1v) is 8.17. The minimum atomic E-state index is -0.958. The molecule has 0 bridgehead atoms. The van der Waals surface area contributed by atoms with E-state index in [2.05, 4.69) is 5.32 Å². The van der Waals surface area contributed by atoms with Crippen LogP contribution in [0.2, 0.25) is 0 Å². The highest BCUT2D eigenvalue weighted by atomic mass is 16.5. The van der Waals surface area contributed by atoms with Crippen molar-refractivity contribution < 1.29 is 29.0 Å². The highest BCUT2D eigenvalue weighted by Gasteiger charge is 2.48. The maximum Gasteiger partial charge on any atom is 0.307 e. The van der Waals surface area contributed by atoms with Crippen molar-refractivity contribution in [2.75, 3.05) is 38.2 Å². The third-order valence-corrected chi connectivity index (χ3v) is 4.30. The Morgan fingerprint density at radius 2 is 1.92 bits per heavy atom. The zero-order chi connectivity index (χ0) is 17.8. The second kappa shape index (κ2) is 7.52. The van der Waals surface area contributed by atoms with Gasteiger partial charge in [-0.25, -0.2) is 0 Å². The number of nitrogens with zero attached hydrogens (tertiary/aromatic N) is 1. The average molecular weight is 348 g/mol. The number of carbonyl (C=O) groups excluding carboxylic acids is 2. The van der Waals surface area contributed by atoms with Gasteiger partial charge in [0, 0.05) is 13.1 Å². The summed E-state index contributed by atoms with van der Waals surface area (Å²) in [5, 5.41) is 11.6. The summed E-state index contributed by atoms with van der Waals surface area (Å²) in [5.41, 5.74) is 0.429. The number of para-hydroxylation sites is 2. The molecule has 0 spiro atoms. The highest BCUT2D eigenvalue weighted by Crippen LogP contribution is 2.40. The number of ether oxygens (including phenoxy) is 2. The van der Waals surface area contributed by atoms with E-state index in [4.69, 9.17) is 14.6 Å². The van der Waals surface area contributed by atoms with Gasteiger partial charge in [0.15, 0.2) is 6.61 Å². The Morgan fingerprint density at radius 1 is 1.20 bits per heavy atom. The number of aliphatic carboxylic acids is 1. The molecule has 2 aliphatic rings. The summed E-state index contributed by atoms with van der Waals surface area (Å²) in [6.45, 7) is 1.99. The summed E-state index contributed by atoms with van der Waals surface area (Å²) < 4.78 is 10.8. The average Bonchev–Trinajstić information content (AvgIpc) is 3.42. The summed E-state index contributed by atoms with van der Waals surface area (Å²) in [6.07, 6.45) is 0.347. The first-order valence-electron chi connectivity index (χ1n) is 8.17. The van der Waals surface area contributed by atoms with Crippen molar-refractivity contribution >= 4 is 23.5 Å². The molecule has 2 atom stereocenters. The second-order valence-electron chi connectivity index (χ2n) is 6.05. The van der Waals surface area contributed by atoms with E-state index in [1.807, 2.05) is 0 Å². The van der Waals surface area contributed by atoms with E-state index in [1.54, 1.807) is 29.2 Å². The van der Waals surface area contributed by atoms with Crippen LogP contribution in [0.3, 0.4) is 0 Å². The summed E-state index contributed by atoms with van der Waals surface area (Å²) in [7, 11) is 0. The first kappa shape index (κ1) is 17.2. The van der Waals surface area contributed by atoms with Crippen LogP contribution in [0.25, 0.3) is 0 Å². The monoisotopic (exact) mass is 348 g/mol. The van der Waals surface area contributed by atoms with Gasteiger partial charge in [0.2, 0.25) is 5.91 Å². The normalized spacial score (nSPS) is 22.2. The molecule has 1 aromatic carbocycles. The summed E-state index contributed by atoms with van der Waals surface area (Å²) in [6, 6.07) is 6.78. The van der Waals surface area contributed by atoms with Crippen LogP contribution >= 0.6 is 0 Å². The van der Waals surface area contributed by atoms with Crippen molar-refractivity contribution in [2.45, 2.75) is 6.42 Å². The molecule has 1 aliphatic heterocycles. The topological polar surface area (TPSA) is 105 Å². The van der Waals surface area contributed by atoms with Gasteiger partial charge >= 0.3 is 5.97 Å². The zero-order valence-corrected chi connectivity index (χ0v) is 13.6. The van der Waals surface area contributed by atoms with Gasteiger partial charge in [-0.1, -0.05) is 12.1 Å². The predicted octanol–water partition coefficient (Wildman–Crippen LogP) is 0.583. The standard InChI is InChI=1S/C17H20N2O6/c20-15(19-5-7-24-8-6-19)10-25-14-4-2-1-3-13(14)18-16(21)11-9-12(11)17(22)23/h1-4,11-12H,5-10H2,(H,18,21)(H,22,23)/t11-,12-/m1/s1. The molecule has 0 aromatic heterocycles. The molecule has 1 saturated carbocycles. The van der Waals surface area contributed by atoms with Gasteiger partial charge in [-0.05, 0) is 18.6 Å². The molecule has 2 fully saturated rings. The van der Waals surface area contributed by atoms with E-state index in [1.165, 1.54) is 0 Å². The Balaban J connectivity index is 1.56. The lowest BCUT2D eigenvalue weighted by molar-refractivity contribution is -0.140. The molecular weight excluding hydrogens is 328 g/mol. The third kappa shape index (κ3) is 4.27. The Bertz CT molecular complexity index is 671. The van der Waals surface area contributed by atoms with Crippen molar-refractivity contribution in [2.24, 2.45) is 11.8 Å². The lowest BCUT2D eigenvalue weighted by Crippen LogP contribution is -2.43. The largest absolute Gasteiger partial charge is 0.482 e. The molecule has 2 N–H and O–H groups in total. The van der Waals surface area contributed by atoms with Crippen molar-refractivity contribution in [1.82, 2.24) is 4.90 Å². The van der Waals surface area contributed by atoms with Gasteiger partial charge in [0.1, 0.15) is 5.75 Å². The van der Waals surface area contributed by atoms with Crippen LogP contribution in [0.4, 0.5) is 5.69 Å². The summed E-state index contributed by atoms with van der Waals surface area (Å²) in [5.74, 6) is -2.19.